The lowest BCUT2D eigenvalue weighted by molar-refractivity contribution is 0.498. The number of fused-ring (bicyclic) bond motifs is 1. The van der Waals surface area contributed by atoms with Crippen molar-refractivity contribution in [1.82, 2.24) is 0 Å². The molecule has 0 radical (unpaired) electrons. The molecule has 15 heavy (non-hydrogen) atoms. The molecule has 2 rings (SSSR count). The van der Waals surface area contributed by atoms with Gasteiger partial charge in [0.15, 0.2) is 0 Å². The highest BCUT2D eigenvalue weighted by molar-refractivity contribution is 5.37. The third-order valence-corrected chi connectivity index (χ3v) is 3.21. The molecular formula is C15H24. The Morgan fingerprint density at radius 1 is 1.27 bits per heavy atom. The van der Waals surface area contributed by atoms with Crippen LogP contribution in [0.3, 0.4) is 0 Å². The van der Waals surface area contributed by atoms with Gasteiger partial charge in [-0.05, 0) is 48.3 Å². The van der Waals surface area contributed by atoms with E-state index in [0.29, 0.717) is 0 Å². The fraction of sp³-hybridized carbons (Fsp3) is 0.600. The van der Waals surface area contributed by atoms with Gasteiger partial charge in [-0.1, -0.05) is 45.9 Å². The fourth-order valence-corrected chi connectivity index (χ4v) is 2.37. The molecule has 1 aliphatic rings. The second kappa shape index (κ2) is 5.95. The molecule has 0 aromatic heterocycles. The molecule has 0 N–H and O–H groups in total. The summed E-state index contributed by atoms with van der Waals surface area (Å²) < 4.78 is 0. The van der Waals surface area contributed by atoms with Crippen LogP contribution in [0.5, 0.6) is 0 Å². The van der Waals surface area contributed by atoms with Crippen molar-refractivity contribution in [3.8, 4) is 0 Å². The first-order chi connectivity index (χ1) is 7.31. The van der Waals surface area contributed by atoms with E-state index >= 15 is 0 Å². The molecule has 1 aliphatic carbocycles. The largest absolute Gasteiger partial charge is 0.0683 e. The normalized spacial score (nSPS) is 18.8. The molecule has 0 heterocycles. The van der Waals surface area contributed by atoms with Crippen molar-refractivity contribution in [1.29, 1.82) is 0 Å². The summed E-state index contributed by atoms with van der Waals surface area (Å²) in [6.07, 6.45) is 5.17. The first-order valence-electron chi connectivity index (χ1n) is 6.41. The standard InChI is InChI=1S/C13H18.C2H6/c1-3-11-5-4-6-12-8-7-10(2)9-13(11)12;1-2/h4-6,10H,3,7-9H2,1-2H3;1-2H3. The summed E-state index contributed by atoms with van der Waals surface area (Å²) in [6, 6.07) is 6.81. The van der Waals surface area contributed by atoms with Crippen LogP contribution >= 0.6 is 0 Å². The number of benzene rings is 1. The molecular weight excluding hydrogens is 180 g/mol. The lowest BCUT2D eigenvalue weighted by Gasteiger charge is -2.23. The van der Waals surface area contributed by atoms with Crippen LogP contribution in [-0.2, 0) is 19.3 Å². The molecule has 0 bridgehead atoms. The Morgan fingerprint density at radius 3 is 2.67 bits per heavy atom. The van der Waals surface area contributed by atoms with Crippen molar-refractivity contribution in [3.05, 3.63) is 34.9 Å². The van der Waals surface area contributed by atoms with Gasteiger partial charge in [0.25, 0.3) is 0 Å². The summed E-state index contributed by atoms with van der Waals surface area (Å²) in [7, 11) is 0. The van der Waals surface area contributed by atoms with Crippen LogP contribution < -0.4 is 0 Å². The van der Waals surface area contributed by atoms with Crippen molar-refractivity contribution in [2.24, 2.45) is 5.92 Å². The maximum absolute atomic E-state index is 2.37. The molecule has 0 amide bonds. The van der Waals surface area contributed by atoms with Crippen LogP contribution in [-0.4, -0.2) is 0 Å². The van der Waals surface area contributed by atoms with Gasteiger partial charge in [0.2, 0.25) is 0 Å². The van der Waals surface area contributed by atoms with Crippen LogP contribution in [0.25, 0.3) is 0 Å². The summed E-state index contributed by atoms with van der Waals surface area (Å²) in [6.45, 7) is 8.63. The van der Waals surface area contributed by atoms with Crippen LogP contribution in [0, 0.1) is 5.92 Å². The summed E-state index contributed by atoms with van der Waals surface area (Å²) >= 11 is 0. The number of rotatable bonds is 1. The van der Waals surface area contributed by atoms with E-state index in [9.17, 15) is 0 Å². The molecule has 84 valence electrons. The maximum atomic E-state index is 2.37. The molecule has 0 nitrogen and oxygen atoms in total. The Morgan fingerprint density at radius 2 is 2.00 bits per heavy atom. The Balaban J connectivity index is 0.000000531. The average Bonchev–Trinajstić information content (AvgIpc) is 2.31. The minimum absolute atomic E-state index is 0.889. The lowest BCUT2D eigenvalue weighted by atomic mass is 9.82. The Labute approximate surface area is 94.7 Å². The van der Waals surface area contributed by atoms with E-state index in [-0.39, 0.29) is 0 Å². The summed E-state index contributed by atoms with van der Waals surface area (Å²) in [5.74, 6) is 0.889. The monoisotopic (exact) mass is 204 g/mol. The maximum Gasteiger partial charge on any atom is -0.0247 e. The third kappa shape index (κ3) is 2.84. The minimum Gasteiger partial charge on any atom is -0.0683 e. The minimum atomic E-state index is 0.889. The van der Waals surface area contributed by atoms with Gasteiger partial charge >= 0.3 is 0 Å². The zero-order valence-electron chi connectivity index (χ0n) is 10.6. The van der Waals surface area contributed by atoms with Crippen LogP contribution in [0.15, 0.2) is 18.2 Å². The van der Waals surface area contributed by atoms with E-state index < -0.39 is 0 Å². The van der Waals surface area contributed by atoms with Crippen molar-refractivity contribution >= 4 is 0 Å². The summed E-state index contributed by atoms with van der Waals surface area (Å²) in [4.78, 5) is 0. The zero-order valence-corrected chi connectivity index (χ0v) is 10.6. The van der Waals surface area contributed by atoms with E-state index in [1.165, 1.54) is 25.7 Å². The quantitative estimate of drug-likeness (QED) is 0.636. The van der Waals surface area contributed by atoms with Crippen LogP contribution in [0.2, 0.25) is 0 Å². The van der Waals surface area contributed by atoms with Gasteiger partial charge in [0, 0.05) is 0 Å². The fourth-order valence-electron chi connectivity index (χ4n) is 2.37. The average molecular weight is 204 g/mol. The number of hydrogen-bond donors (Lipinski definition) is 0. The molecule has 0 saturated heterocycles. The van der Waals surface area contributed by atoms with Gasteiger partial charge in [0.1, 0.15) is 0 Å². The molecule has 0 fully saturated rings. The van der Waals surface area contributed by atoms with Gasteiger partial charge in [-0.3, -0.25) is 0 Å². The van der Waals surface area contributed by atoms with E-state index in [2.05, 4.69) is 32.0 Å². The van der Waals surface area contributed by atoms with Gasteiger partial charge in [-0.15, -0.1) is 0 Å². The van der Waals surface area contributed by atoms with Crippen LogP contribution in [0.4, 0.5) is 0 Å². The second-order valence-electron chi connectivity index (χ2n) is 4.26. The van der Waals surface area contributed by atoms with Crippen molar-refractivity contribution in [2.45, 2.75) is 53.4 Å². The van der Waals surface area contributed by atoms with Gasteiger partial charge in [0.05, 0.1) is 0 Å². The first-order valence-corrected chi connectivity index (χ1v) is 6.41. The Bertz CT molecular complexity index is 285. The molecule has 1 aromatic rings. The van der Waals surface area contributed by atoms with E-state index in [4.69, 9.17) is 0 Å². The summed E-state index contributed by atoms with van der Waals surface area (Å²) in [5, 5.41) is 0. The third-order valence-electron chi connectivity index (χ3n) is 3.21. The Hall–Kier alpha value is -0.780. The van der Waals surface area contributed by atoms with Crippen molar-refractivity contribution in [3.63, 3.8) is 0 Å². The second-order valence-corrected chi connectivity index (χ2v) is 4.26. The molecule has 0 aliphatic heterocycles. The Kier molecular flexibility index (Phi) is 4.87. The predicted molar refractivity (Wildman–Crippen MR) is 68.4 cm³/mol. The zero-order chi connectivity index (χ0) is 11.3. The highest BCUT2D eigenvalue weighted by atomic mass is 14.2. The topological polar surface area (TPSA) is 0 Å². The molecule has 0 spiro atoms. The highest BCUT2D eigenvalue weighted by Gasteiger charge is 2.16. The van der Waals surface area contributed by atoms with E-state index in [1.54, 1.807) is 16.7 Å². The van der Waals surface area contributed by atoms with Gasteiger partial charge in [-0.25, -0.2) is 0 Å². The highest BCUT2D eigenvalue weighted by Crippen LogP contribution is 2.27. The smallest absolute Gasteiger partial charge is 0.0247 e. The number of hydrogen-bond acceptors (Lipinski definition) is 0. The summed E-state index contributed by atoms with van der Waals surface area (Å²) in [5.41, 5.74) is 4.84. The molecule has 1 atom stereocenters. The predicted octanol–water partition coefficient (Wildman–Crippen LogP) is 4.40. The van der Waals surface area contributed by atoms with E-state index in [0.717, 1.165) is 5.92 Å². The molecule has 1 unspecified atom stereocenters. The lowest BCUT2D eigenvalue weighted by Crippen LogP contribution is -2.13. The molecule has 0 saturated carbocycles. The van der Waals surface area contributed by atoms with Crippen LogP contribution in [0.1, 0.15) is 50.8 Å². The van der Waals surface area contributed by atoms with Gasteiger partial charge in [-0.2, -0.15) is 0 Å². The number of aryl methyl sites for hydroxylation is 2. The molecule has 0 heteroatoms. The van der Waals surface area contributed by atoms with Gasteiger partial charge < -0.3 is 0 Å². The molecule has 1 aromatic carbocycles. The van der Waals surface area contributed by atoms with E-state index in [1.807, 2.05) is 13.8 Å². The SMILES string of the molecule is CC.CCc1cccc2c1CC(C)CC2. The van der Waals surface area contributed by atoms with Crippen molar-refractivity contribution in [2.75, 3.05) is 0 Å². The van der Waals surface area contributed by atoms with Crippen molar-refractivity contribution < 1.29 is 0 Å². The first kappa shape index (κ1) is 12.3.